The fraction of sp³-hybridized carbons (Fsp3) is 0.182. The molecule has 0 spiro atoms. The number of benzene rings is 2. The summed E-state index contributed by atoms with van der Waals surface area (Å²) < 4.78 is 21.3. The molecule has 0 fully saturated rings. The zero-order valence-corrected chi connectivity index (χ0v) is 17.5. The van der Waals surface area contributed by atoms with Crippen LogP contribution in [0.15, 0.2) is 47.8 Å². The Balaban J connectivity index is 1.48. The number of fused-ring (bicyclic) bond motifs is 1. The minimum absolute atomic E-state index is 0.0785. The van der Waals surface area contributed by atoms with Gasteiger partial charge in [-0.1, -0.05) is 12.1 Å². The highest BCUT2D eigenvalue weighted by Crippen LogP contribution is 2.31. The second kappa shape index (κ2) is 8.46. The molecule has 154 valence electrons. The summed E-state index contributed by atoms with van der Waals surface area (Å²) in [7, 11) is 4.77. The van der Waals surface area contributed by atoms with Crippen LogP contribution in [-0.4, -0.2) is 37.3 Å². The highest BCUT2D eigenvalue weighted by Gasteiger charge is 2.16. The second-order valence-corrected chi connectivity index (χ2v) is 7.29. The van der Waals surface area contributed by atoms with Gasteiger partial charge in [0, 0.05) is 22.4 Å². The van der Waals surface area contributed by atoms with Crippen molar-refractivity contribution in [1.29, 1.82) is 0 Å². The third-order valence-electron chi connectivity index (χ3n) is 4.56. The van der Waals surface area contributed by atoms with Crippen LogP contribution >= 0.6 is 11.3 Å². The molecule has 0 amide bonds. The van der Waals surface area contributed by atoms with Crippen LogP contribution in [0.2, 0.25) is 0 Å². The van der Waals surface area contributed by atoms with Gasteiger partial charge in [0.2, 0.25) is 0 Å². The molecule has 4 rings (SSSR count). The van der Waals surface area contributed by atoms with Crippen molar-refractivity contribution in [3.63, 3.8) is 0 Å². The molecule has 4 aromatic rings. The predicted octanol–water partition coefficient (Wildman–Crippen LogP) is 4.67. The molecule has 7 nitrogen and oxygen atoms in total. The third-order valence-corrected chi connectivity index (χ3v) is 5.50. The number of rotatable bonds is 7. The van der Waals surface area contributed by atoms with Gasteiger partial charge in [-0.05, 0) is 24.3 Å². The lowest BCUT2D eigenvalue weighted by atomic mass is 10.2. The van der Waals surface area contributed by atoms with Gasteiger partial charge in [0.05, 0.1) is 32.5 Å². The first-order chi connectivity index (χ1) is 14.6. The quantitative estimate of drug-likeness (QED) is 0.434. The summed E-state index contributed by atoms with van der Waals surface area (Å²) >= 11 is 1.49. The molecule has 0 aliphatic carbocycles. The molecule has 0 aliphatic heterocycles. The first-order valence-corrected chi connectivity index (χ1v) is 10.00. The molecule has 2 aromatic carbocycles. The lowest BCUT2D eigenvalue weighted by molar-refractivity contribution is 0.0462. The Morgan fingerprint density at radius 1 is 1.03 bits per heavy atom. The van der Waals surface area contributed by atoms with Crippen LogP contribution in [0.25, 0.3) is 21.5 Å². The minimum Gasteiger partial charge on any atom is -0.497 e. The van der Waals surface area contributed by atoms with E-state index in [1.807, 2.05) is 35.7 Å². The third kappa shape index (κ3) is 3.95. The summed E-state index contributed by atoms with van der Waals surface area (Å²) in [6.07, 6.45) is 0. The highest BCUT2D eigenvalue weighted by molar-refractivity contribution is 7.13. The summed E-state index contributed by atoms with van der Waals surface area (Å²) in [5.74, 6) is 1.53. The van der Waals surface area contributed by atoms with Crippen LogP contribution < -0.4 is 14.2 Å². The van der Waals surface area contributed by atoms with E-state index in [1.165, 1.54) is 11.3 Å². The Kier molecular flexibility index (Phi) is 5.58. The van der Waals surface area contributed by atoms with Gasteiger partial charge in [0.15, 0.2) is 0 Å². The van der Waals surface area contributed by atoms with Crippen LogP contribution in [0.5, 0.6) is 17.2 Å². The topological polar surface area (TPSA) is 82.7 Å². The molecule has 0 atom stereocenters. The molecule has 0 saturated carbocycles. The minimum atomic E-state index is -0.469. The normalized spacial score (nSPS) is 10.8. The van der Waals surface area contributed by atoms with Crippen LogP contribution in [0.4, 0.5) is 0 Å². The van der Waals surface area contributed by atoms with Crippen molar-refractivity contribution in [1.82, 2.24) is 9.97 Å². The fourth-order valence-corrected chi connectivity index (χ4v) is 3.85. The molecule has 1 N–H and O–H groups in total. The van der Waals surface area contributed by atoms with Crippen LogP contribution in [-0.2, 0) is 11.3 Å². The number of esters is 1. The van der Waals surface area contributed by atoms with Crippen LogP contribution in [0.3, 0.4) is 0 Å². The number of nitrogens with one attached hydrogen (secondary N) is 1. The highest BCUT2D eigenvalue weighted by atomic mass is 32.1. The SMILES string of the molecule is COc1cccc(-c2nc(COC(=O)c3cc4cc(OC)cc(OC)c4[nH]3)cs2)c1. The molecule has 30 heavy (non-hydrogen) atoms. The second-order valence-electron chi connectivity index (χ2n) is 6.43. The van der Waals surface area contributed by atoms with E-state index in [0.29, 0.717) is 28.4 Å². The Bertz CT molecular complexity index is 1200. The summed E-state index contributed by atoms with van der Waals surface area (Å²) in [5.41, 5.74) is 2.68. The lowest BCUT2D eigenvalue weighted by Gasteiger charge is -2.05. The molecule has 0 aliphatic rings. The Hall–Kier alpha value is -3.52. The number of ether oxygens (including phenoxy) is 4. The average molecular weight is 424 g/mol. The molecule has 0 unspecified atom stereocenters. The number of hydrogen-bond acceptors (Lipinski definition) is 7. The van der Waals surface area contributed by atoms with Gasteiger partial charge in [-0.2, -0.15) is 0 Å². The van der Waals surface area contributed by atoms with Crippen LogP contribution in [0.1, 0.15) is 16.2 Å². The maximum Gasteiger partial charge on any atom is 0.355 e. The number of carbonyl (C=O) groups is 1. The molecular formula is C22H20N2O5S. The number of methoxy groups -OCH3 is 3. The van der Waals surface area contributed by atoms with Gasteiger partial charge in [0.1, 0.15) is 34.6 Å². The predicted molar refractivity (Wildman–Crippen MR) is 115 cm³/mol. The monoisotopic (exact) mass is 424 g/mol. The van der Waals surface area contributed by atoms with E-state index in [9.17, 15) is 4.79 Å². The van der Waals surface area contributed by atoms with Crippen molar-refractivity contribution in [3.05, 3.63) is 59.2 Å². The summed E-state index contributed by atoms with van der Waals surface area (Å²) in [6, 6.07) is 13.0. The summed E-state index contributed by atoms with van der Waals surface area (Å²) in [6.45, 7) is 0.0785. The maximum absolute atomic E-state index is 12.5. The Labute approximate surface area is 177 Å². The van der Waals surface area contributed by atoms with E-state index in [2.05, 4.69) is 9.97 Å². The number of nitrogens with zero attached hydrogens (tertiary/aromatic N) is 1. The van der Waals surface area contributed by atoms with Crippen molar-refractivity contribution < 1.29 is 23.7 Å². The van der Waals surface area contributed by atoms with Crippen LogP contribution in [0, 0.1) is 0 Å². The number of aromatic amines is 1. The van der Waals surface area contributed by atoms with Gasteiger partial charge < -0.3 is 23.9 Å². The number of hydrogen-bond donors (Lipinski definition) is 1. The molecule has 2 aromatic heterocycles. The molecule has 0 radical (unpaired) electrons. The van der Waals surface area contributed by atoms with E-state index in [4.69, 9.17) is 18.9 Å². The van der Waals surface area contributed by atoms with Crippen molar-refractivity contribution >= 4 is 28.2 Å². The molecule has 2 heterocycles. The van der Waals surface area contributed by atoms with Crippen molar-refractivity contribution in [2.45, 2.75) is 6.61 Å². The first kappa shape index (κ1) is 19.8. The largest absolute Gasteiger partial charge is 0.497 e. The maximum atomic E-state index is 12.5. The number of carbonyl (C=O) groups excluding carboxylic acids is 1. The van der Waals surface area contributed by atoms with Crippen molar-refractivity contribution in [3.8, 4) is 27.8 Å². The molecule has 0 saturated heterocycles. The average Bonchev–Trinajstić information content (AvgIpc) is 3.44. The number of aromatic nitrogens is 2. The van der Waals surface area contributed by atoms with Gasteiger partial charge in [0.25, 0.3) is 0 Å². The van der Waals surface area contributed by atoms with E-state index >= 15 is 0 Å². The molecule has 8 heteroatoms. The fourth-order valence-electron chi connectivity index (χ4n) is 3.05. The lowest BCUT2D eigenvalue weighted by Crippen LogP contribution is -2.05. The zero-order valence-electron chi connectivity index (χ0n) is 16.7. The van der Waals surface area contributed by atoms with Gasteiger partial charge in [-0.3, -0.25) is 0 Å². The Morgan fingerprint density at radius 2 is 1.87 bits per heavy atom. The van der Waals surface area contributed by atoms with E-state index in [-0.39, 0.29) is 6.61 Å². The summed E-state index contributed by atoms with van der Waals surface area (Å²) in [4.78, 5) is 20.1. The molecular weight excluding hydrogens is 404 g/mol. The Morgan fingerprint density at radius 3 is 2.63 bits per heavy atom. The smallest absolute Gasteiger partial charge is 0.355 e. The van der Waals surface area contributed by atoms with Crippen molar-refractivity contribution in [2.24, 2.45) is 0 Å². The van der Waals surface area contributed by atoms with Crippen molar-refractivity contribution in [2.75, 3.05) is 21.3 Å². The van der Waals surface area contributed by atoms with Gasteiger partial charge in [-0.25, -0.2) is 9.78 Å². The van der Waals surface area contributed by atoms with E-state index in [0.717, 1.165) is 21.7 Å². The number of H-pyrrole nitrogens is 1. The van der Waals surface area contributed by atoms with Gasteiger partial charge >= 0.3 is 5.97 Å². The zero-order chi connectivity index (χ0) is 21.1. The van der Waals surface area contributed by atoms with E-state index < -0.39 is 5.97 Å². The summed E-state index contributed by atoms with van der Waals surface area (Å²) in [5, 5.41) is 3.51. The standard InChI is InChI=1S/C22H20N2O5S/c1-26-16-6-4-5-13(7-16)21-23-15(12-30-21)11-29-22(25)18-9-14-8-17(27-2)10-19(28-3)20(14)24-18/h4-10,12,24H,11H2,1-3H3. The van der Waals surface area contributed by atoms with E-state index in [1.54, 1.807) is 33.5 Å². The van der Waals surface area contributed by atoms with Gasteiger partial charge in [-0.15, -0.1) is 11.3 Å². The molecule has 0 bridgehead atoms. The first-order valence-electron chi connectivity index (χ1n) is 9.12. The number of thiazole rings is 1.